The predicted octanol–water partition coefficient (Wildman–Crippen LogP) is 2.36. The molecule has 0 bridgehead atoms. The highest BCUT2D eigenvalue weighted by Gasteiger charge is 2.25. The number of nitrogens with one attached hydrogen (secondary N) is 2. The summed E-state index contributed by atoms with van der Waals surface area (Å²) in [6.07, 6.45) is 0.963. The number of anilines is 2. The fourth-order valence-electron chi connectivity index (χ4n) is 1.82. The summed E-state index contributed by atoms with van der Waals surface area (Å²) in [5.41, 5.74) is 0.212. The lowest BCUT2D eigenvalue weighted by atomic mass is 10.3. The van der Waals surface area contributed by atoms with Crippen LogP contribution in [-0.2, 0) is 24.8 Å². The molecule has 2 rings (SSSR count). The summed E-state index contributed by atoms with van der Waals surface area (Å²) in [7, 11) is -6.43. The van der Waals surface area contributed by atoms with E-state index < -0.39 is 26.0 Å². The van der Waals surface area contributed by atoms with Crippen LogP contribution in [0.15, 0.2) is 34.5 Å². The van der Waals surface area contributed by atoms with E-state index in [1.165, 1.54) is 29.6 Å². The molecule has 0 aliphatic rings. The Morgan fingerprint density at radius 1 is 1.16 bits per heavy atom. The van der Waals surface area contributed by atoms with E-state index in [1.807, 2.05) is 0 Å². The van der Waals surface area contributed by atoms with Crippen LogP contribution >= 0.6 is 22.9 Å². The first-order valence-electron chi connectivity index (χ1n) is 6.49. The fourth-order valence-corrected chi connectivity index (χ4v) is 5.07. The number of sulfonamides is 2. The van der Waals surface area contributed by atoms with Gasteiger partial charge in [-0.05, 0) is 29.6 Å². The summed E-state index contributed by atoms with van der Waals surface area (Å²) in [6, 6.07) is 5.18. The SMILES string of the molecule is COC(=O)c1sccc1S(=O)(=O)Nc1ccc(NS(C)(=O)=O)c(Cl)c1. The molecule has 12 heteroatoms. The Morgan fingerprint density at radius 2 is 1.84 bits per heavy atom. The van der Waals surface area contributed by atoms with Crippen molar-refractivity contribution in [2.24, 2.45) is 0 Å². The Bertz CT molecular complexity index is 1010. The first-order chi connectivity index (χ1) is 11.5. The van der Waals surface area contributed by atoms with E-state index in [9.17, 15) is 21.6 Å². The molecule has 8 nitrogen and oxygen atoms in total. The maximum absolute atomic E-state index is 12.5. The van der Waals surface area contributed by atoms with Gasteiger partial charge >= 0.3 is 5.97 Å². The average molecular weight is 425 g/mol. The summed E-state index contributed by atoms with van der Waals surface area (Å²) < 4.78 is 56.4. The number of hydrogen-bond acceptors (Lipinski definition) is 7. The number of hydrogen-bond donors (Lipinski definition) is 2. The maximum atomic E-state index is 12.5. The fraction of sp³-hybridized carbons (Fsp3) is 0.154. The molecular formula is C13H13ClN2O6S3. The molecule has 0 amide bonds. The van der Waals surface area contributed by atoms with Crippen molar-refractivity contribution in [1.29, 1.82) is 0 Å². The highest BCUT2D eigenvalue weighted by Crippen LogP contribution is 2.29. The average Bonchev–Trinajstić information content (AvgIpc) is 2.98. The van der Waals surface area contributed by atoms with Crippen molar-refractivity contribution in [3.63, 3.8) is 0 Å². The highest BCUT2D eigenvalue weighted by molar-refractivity contribution is 7.93. The van der Waals surface area contributed by atoms with Crippen molar-refractivity contribution >= 4 is 60.3 Å². The molecule has 2 aromatic rings. The van der Waals surface area contributed by atoms with Crippen molar-refractivity contribution in [2.75, 3.05) is 22.8 Å². The molecule has 0 spiro atoms. The zero-order valence-electron chi connectivity index (χ0n) is 12.9. The van der Waals surface area contributed by atoms with Crippen molar-refractivity contribution < 1.29 is 26.4 Å². The molecule has 0 aliphatic heterocycles. The molecule has 2 N–H and O–H groups in total. The van der Waals surface area contributed by atoms with Gasteiger partial charge in [-0.2, -0.15) is 0 Å². The molecule has 0 radical (unpaired) electrons. The second-order valence-corrected chi connectivity index (χ2v) is 9.50. The molecule has 1 aromatic heterocycles. The summed E-state index contributed by atoms with van der Waals surface area (Å²) in [5, 5.41) is 1.46. The van der Waals surface area contributed by atoms with E-state index >= 15 is 0 Å². The Labute approximate surface area is 153 Å². The third kappa shape index (κ3) is 4.84. The minimum atomic E-state index is -4.06. The van der Waals surface area contributed by atoms with E-state index in [1.54, 1.807) is 0 Å². The predicted molar refractivity (Wildman–Crippen MR) is 96.4 cm³/mol. The number of rotatable bonds is 6. The van der Waals surface area contributed by atoms with Crippen LogP contribution in [0.3, 0.4) is 0 Å². The van der Waals surface area contributed by atoms with Crippen LogP contribution in [0.25, 0.3) is 0 Å². The van der Waals surface area contributed by atoms with Crippen LogP contribution in [0, 0.1) is 0 Å². The van der Waals surface area contributed by atoms with Crippen LogP contribution in [0.4, 0.5) is 11.4 Å². The quantitative estimate of drug-likeness (QED) is 0.687. The Hall–Kier alpha value is -1.82. The van der Waals surface area contributed by atoms with Gasteiger partial charge in [0.1, 0.15) is 9.77 Å². The zero-order chi connectivity index (χ0) is 18.8. The van der Waals surface area contributed by atoms with Gasteiger partial charge in [0.05, 0.1) is 29.8 Å². The Balaban J connectivity index is 2.32. The number of carbonyl (C=O) groups is 1. The molecule has 0 atom stereocenters. The van der Waals surface area contributed by atoms with Gasteiger partial charge in [0.2, 0.25) is 10.0 Å². The molecule has 1 heterocycles. The number of benzene rings is 1. The number of carbonyl (C=O) groups excluding carboxylic acids is 1. The van der Waals surface area contributed by atoms with Crippen molar-refractivity contribution in [2.45, 2.75) is 4.90 Å². The first-order valence-corrected chi connectivity index (χ1v) is 11.1. The van der Waals surface area contributed by atoms with Gasteiger partial charge in [-0.25, -0.2) is 21.6 Å². The lowest BCUT2D eigenvalue weighted by Gasteiger charge is -2.11. The number of methoxy groups -OCH3 is 1. The lowest BCUT2D eigenvalue weighted by molar-refractivity contribution is 0.0602. The van der Waals surface area contributed by atoms with Gasteiger partial charge in [0.15, 0.2) is 0 Å². The monoisotopic (exact) mass is 424 g/mol. The van der Waals surface area contributed by atoms with Crippen LogP contribution < -0.4 is 9.44 Å². The molecule has 25 heavy (non-hydrogen) atoms. The second kappa shape index (κ2) is 7.20. The van der Waals surface area contributed by atoms with E-state index in [-0.39, 0.29) is 26.2 Å². The van der Waals surface area contributed by atoms with Crippen LogP contribution in [0.1, 0.15) is 9.67 Å². The molecular weight excluding hydrogens is 412 g/mol. The van der Waals surface area contributed by atoms with Crippen LogP contribution in [0.5, 0.6) is 0 Å². The normalized spacial score (nSPS) is 11.8. The number of esters is 1. The van der Waals surface area contributed by atoms with E-state index in [4.69, 9.17) is 11.6 Å². The van der Waals surface area contributed by atoms with Gasteiger partial charge in [0, 0.05) is 0 Å². The smallest absolute Gasteiger partial charge is 0.349 e. The van der Waals surface area contributed by atoms with Crippen molar-refractivity contribution in [3.05, 3.63) is 39.5 Å². The van der Waals surface area contributed by atoms with Gasteiger partial charge in [-0.1, -0.05) is 11.6 Å². The topological polar surface area (TPSA) is 119 Å². The molecule has 0 fully saturated rings. The minimum Gasteiger partial charge on any atom is -0.465 e. The van der Waals surface area contributed by atoms with Gasteiger partial charge in [-0.15, -0.1) is 11.3 Å². The molecule has 1 aromatic carbocycles. The standard InChI is InChI=1S/C13H13ClN2O6S3/c1-22-13(17)12-11(5-6-23-12)25(20,21)15-8-3-4-10(9(14)7-8)16-24(2,18)19/h3-7,15-16H,1-2H3. The Kier molecular flexibility index (Phi) is 5.62. The third-order valence-electron chi connectivity index (χ3n) is 2.81. The van der Waals surface area contributed by atoms with Gasteiger partial charge < -0.3 is 4.74 Å². The van der Waals surface area contributed by atoms with Crippen LogP contribution in [-0.4, -0.2) is 36.2 Å². The lowest BCUT2D eigenvalue weighted by Crippen LogP contribution is -2.16. The minimum absolute atomic E-state index is 0.00383. The van der Waals surface area contributed by atoms with Crippen molar-refractivity contribution in [1.82, 2.24) is 0 Å². The maximum Gasteiger partial charge on any atom is 0.349 e. The van der Waals surface area contributed by atoms with E-state index in [0.717, 1.165) is 24.7 Å². The molecule has 0 unspecified atom stereocenters. The highest BCUT2D eigenvalue weighted by atomic mass is 35.5. The number of halogens is 1. The number of ether oxygens (including phenoxy) is 1. The summed E-state index contributed by atoms with van der Waals surface area (Å²) in [6.45, 7) is 0. The van der Waals surface area contributed by atoms with Gasteiger partial charge in [0.25, 0.3) is 10.0 Å². The van der Waals surface area contributed by atoms with E-state index in [0.29, 0.717) is 0 Å². The van der Waals surface area contributed by atoms with Gasteiger partial charge in [-0.3, -0.25) is 9.44 Å². The second-order valence-electron chi connectivity index (χ2n) is 4.78. The molecule has 0 saturated heterocycles. The summed E-state index contributed by atoms with van der Waals surface area (Å²) in [5.74, 6) is -0.763. The zero-order valence-corrected chi connectivity index (χ0v) is 16.1. The first kappa shape index (κ1) is 19.5. The Morgan fingerprint density at radius 3 is 2.40 bits per heavy atom. The number of thiophene rings is 1. The molecule has 0 saturated carbocycles. The summed E-state index contributed by atoms with van der Waals surface area (Å²) in [4.78, 5) is 11.4. The molecule has 136 valence electrons. The van der Waals surface area contributed by atoms with E-state index in [2.05, 4.69) is 14.2 Å². The largest absolute Gasteiger partial charge is 0.465 e. The summed E-state index contributed by atoms with van der Waals surface area (Å²) >= 11 is 6.89. The van der Waals surface area contributed by atoms with Crippen molar-refractivity contribution in [3.8, 4) is 0 Å². The third-order valence-corrected chi connectivity index (χ3v) is 6.16. The van der Waals surface area contributed by atoms with Crippen LogP contribution in [0.2, 0.25) is 5.02 Å². The molecule has 0 aliphatic carbocycles.